The second kappa shape index (κ2) is 8.90. The van der Waals surface area contributed by atoms with Crippen LogP contribution in [0.15, 0.2) is 81.7 Å². The van der Waals surface area contributed by atoms with Crippen LogP contribution in [0.2, 0.25) is 0 Å². The van der Waals surface area contributed by atoms with E-state index >= 15 is 0 Å². The predicted molar refractivity (Wildman–Crippen MR) is 123 cm³/mol. The van der Waals surface area contributed by atoms with Gasteiger partial charge in [0.25, 0.3) is 0 Å². The fourth-order valence-corrected chi connectivity index (χ4v) is 4.38. The molecule has 0 heterocycles. The van der Waals surface area contributed by atoms with Crippen molar-refractivity contribution in [2.75, 3.05) is 0 Å². The first-order valence-corrected chi connectivity index (χ1v) is 11.0. The number of benzene rings is 3. The molecule has 0 aliphatic heterocycles. The first kappa shape index (κ1) is 21.1. The molecule has 0 radical (unpaired) electrons. The highest BCUT2D eigenvalue weighted by molar-refractivity contribution is 7.99. The van der Waals surface area contributed by atoms with Gasteiger partial charge >= 0.3 is 5.97 Å². The highest BCUT2D eigenvalue weighted by Gasteiger charge is 2.28. The van der Waals surface area contributed by atoms with Crippen LogP contribution in [0.1, 0.15) is 57.2 Å². The zero-order valence-electron chi connectivity index (χ0n) is 17.7. The lowest BCUT2D eigenvalue weighted by Gasteiger charge is -2.07. The minimum atomic E-state index is -0.560. The van der Waals surface area contributed by atoms with Crippen molar-refractivity contribution in [1.29, 1.82) is 0 Å². The van der Waals surface area contributed by atoms with Crippen molar-refractivity contribution < 1.29 is 14.4 Å². The number of hydrogen-bond acceptors (Lipinski definition) is 5. The van der Waals surface area contributed by atoms with Crippen molar-refractivity contribution in [3.63, 3.8) is 0 Å². The van der Waals surface area contributed by atoms with Crippen molar-refractivity contribution >= 4 is 29.2 Å². The van der Waals surface area contributed by atoms with Crippen molar-refractivity contribution in [2.45, 2.75) is 42.9 Å². The van der Waals surface area contributed by atoms with Gasteiger partial charge in [0.05, 0.1) is 5.56 Å². The first-order chi connectivity index (χ1) is 14.9. The van der Waals surface area contributed by atoms with E-state index in [2.05, 4.69) is 43.3 Å². The van der Waals surface area contributed by atoms with E-state index in [-0.39, 0.29) is 11.5 Å². The summed E-state index contributed by atoms with van der Waals surface area (Å²) in [5, 5.41) is 3.89. The summed E-state index contributed by atoms with van der Waals surface area (Å²) in [6.07, 6.45) is 0.357. The number of carbonyl (C=O) groups excluding carboxylic acids is 2. The molecule has 0 aromatic heterocycles. The highest BCUT2D eigenvalue weighted by atomic mass is 32.2. The largest absolute Gasteiger partial charge is 0.366 e. The zero-order valence-corrected chi connectivity index (χ0v) is 18.5. The molecule has 0 saturated heterocycles. The molecule has 0 saturated carbocycles. The number of rotatable bonds is 5. The molecule has 156 valence electrons. The molecule has 0 bridgehead atoms. The molecule has 0 atom stereocenters. The van der Waals surface area contributed by atoms with Crippen molar-refractivity contribution in [1.82, 2.24) is 0 Å². The molecular formula is C26H23NO3S. The van der Waals surface area contributed by atoms with Gasteiger partial charge in [-0.3, -0.25) is 4.79 Å². The minimum absolute atomic E-state index is 0.189. The number of aryl methyl sites for hydroxylation is 1. The minimum Gasteiger partial charge on any atom is -0.312 e. The molecule has 0 amide bonds. The summed E-state index contributed by atoms with van der Waals surface area (Å²) in [4.78, 5) is 32.2. The number of carbonyl (C=O) groups is 2. The maximum absolute atomic E-state index is 12.7. The lowest BCUT2D eigenvalue weighted by atomic mass is 10.0. The van der Waals surface area contributed by atoms with Gasteiger partial charge in [-0.2, -0.15) is 0 Å². The Balaban J connectivity index is 1.47. The molecule has 0 N–H and O–H groups in total. The second-order valence-electron chi connectivity index (χ2n) is 7.88. The Morgan fingerprint density at radius 1 is 1.00 bits per heavy atom. The number of nitrogens with zero attached hydrogens (tertiary/aromatic N) is 1. The molecule has 3 aromatic rings. The Labute approximate surface area is 186 Å². The molecule has 4 rings (SSSR count). The average Bonchev–Trinajstić information content (AvgIpc) is 3.07. The van der Waals surface area contributed by atoms with Crippen molar-refractivity contribution in [3.8, 4) is 0 Å². The van der Waals surface area contributed by atoms with Crippen LogP contribution in [-0.2, 0) is 11.3 Å². The van der Waals surface area contributed by atoms with Gasteiger partial charge < -0.3 is 4.84 Å². The smallest absolute Gasteiger partial charge is 0.312 e. The Kier molecular flexibility index (Phi) is 6.05. The van der Waals surface area contributed by atoms with Crippen molar-refractivity contribution in [2.24, 2.45) is 5.16 Å². The third kappa shape index (κ3) is 4.62. The van der Waals surface area contributed by atoms with Gasteiger partial charge in [0, 0.05) is 21.8 Å². The van der Waals surface area contributed by atoms with Crippen molar-refractivity contribution in [3.05, 3.63) is 94.5 Å². The van der Waals surface area contributed by atoms with Crippen LogP contribution in [0.5, 0.6) is 0 Å². The van der Waals surface area contributed by atoms with E-state index in [1.54, 1.807) is 23.9 Å². The number of oxime groups is 1. The van der Waals surface area contributed by atoms with Gasteiger partial charge in [-0.05, 0) is 65.9 Å². The third-order valence-electron chi connectivity index (χ3n) is 5.33. The number of Topliss-reactive ketones (excluding diaryl/α,β-unsaturated/α-hetero) is 1. The van der Waals surface area contributed by atoms with Crippen LogP contribution < -0.4 is 0 Å². The van der Waals surface area contributed by atoms with Gasteiger partial charge in [0.1, 0.15) is 5.71 Å². The fraction of sp³-hybridized carbons (Fsp3) is 0.192. The van der Waals surface area contributed by atoms with Crippen LogP contribution in [0.4, 0.5) is 0 Å². The average molecular weight is 430 g/mol. The van der Waals surface area contributed by atoms with Gasteiger partial charge in [-0.15, -0.1) is 0 Å². The lowest BCUT2D eigenvalue weighted by Crippen LogP contribution is -2.11. The molecular weight excluding hydrogens is 406 g/mol. The fourth-order valence-electron chi connectivity index (χ4n) is 3.50. The molecule has 4 nitrogen and oxygen atoms in total. The summed E-state index contributed by atoms with van der Waals surface area (Å²) in [5.41, 5.74) is 4.32. The van der Waals surface area contributed by atoms with E-state index in [0.717, 1.165) is 20.9 Å². The Morgan fingerprint density at radius 2 is 1.71 bits per heavy atom. The van der Waals surface area contributed by atoms with Gasteiger partial charge in [-0.25, -0.2) is 4.79 Å². The number of fused-ring (bicyclic) bond motifs is 1. The van der Waals surface area contributed by atoms with E-state index in [9.17, 15) is 9.59 Å². The topological polar surface area (TPSA) is 55.7 Å². The lowest BCUT2D eigenvalue weighted by molar-refractivity contribution is 0.0514. The molecule has 0 fully saturated rings. The quantitative estimate of drug-likeness (QED) is 0.357. The number of hydrogen-bond donors (Lipinski definition) is 0. The summed E-state index contributed by atoms with van der Waals surface area (Å²) in [6.45, 7) is 6.18. The maximum atomic E-state index is 12.7. The van der Waals surface area contributed by atoms with Crippen LogP contribution >= 0.6 is 11.8 Å². The van der Waals surface area contributed by atoms with Crippen LogP contribution in [0.3, 0.4) is 0 Å². The van der Waals surface area contributed by atoms with Gasteiger partial charge in [0.2, 0.25) is 5.78 Å². The van der Waals surface area contributed by atoms with E-state index in [1.807, 2.05) is 37.3 Å². The Hall–Kier alpha value is -3.18. The molecule has 0 spiro atoms. The van der Waals surface area contributed by atoms with E-state index in [1.165, 1.54) is 5.56 Å². The summed E-state index contributed by atoms with van der Waals surface area (Å²) in [6, 6.07) is 21.5. The van der Waals surface area contributed by atoms with Gasteiger partial charge in [-0.1, -0.05) is 61.1 Å². The molecule has 1 aliphatic carbocycles. The monoisotopic (exact) mass is 429 g/mol. The van der Waals surface area contributed by atoms with E-state index in [0.29, 0.717) is 23.5 Å². The van der Waals surface area contributed by atoms with E-state index in [4.69, 9.17) is 4.84 Å². The molecule has 0 unspecified atom stereocenters. The third-order valence-corrected chi connectivity index (χ3v) is 6.33. The first-order valence-electron chi connectivity index (χ1n) is 10.2. The number of ketones is 1. The zero-order chi connectivity index (χ0) is 22.0. The summed E-state index contributed by atoms with van der Waals surface area (Å²) in [7, 11) is 0. The normalized spacial score (nSPS) is 14.2. The summed E-state index contributed by atoms with van der Waals surface area (Å²) < 4.78 is 0. The summed E-state index contributed by atoms with van der Waals surface area (Å²) >= 11 is 1.66. The standard InChI is InChI=1S/C26H23NO3S/c1-16(2)18-8-10-20(11-9-18)31-21-12-13-23-19(14-21)15-24(25(23)28)27-30-26(29)22-7-5-4-6-17(22)3/h4-14,16H,15H2,1-3H3/b27-24-. The second-order valence-corrected chi connectivity index (χ2v) is 9.03. The van der Waals surface area contributed by atoms with E-state index < -0.39 is 5.97 Å². The Morgan fingerprint density at radius 3 is 2.42 bits per heavy atom. The predicted octanol–water partition coefficient (Wildman–Crippen LogP) is 6.22. The Bertz CT molecular complexity index is 1180. The van der Waals surface area contributed by atoms with Gasteiger partial charge in [0.15, 0.2) is 0 Å². The molecule has 5 heteroatoms. The molecule has 3 aromatic carbocycles. The molecule has 31 heavy (non-hydrogen) atoms. The maximum Gasteiger partial charge on any atom is 0.366 e. The van der Waals surface area contributed by atoms with Crippen LogP contribution in [0, 0.1) is 6.92 Å². The van der Waals surface area contributed by atoms with Crippen LogP contribution in [0.25, 0.3) is 0 Å². The summed E-state index contributed by atoms with van der Waals surface area (Å²) in [5.74, 6) is -0.247. The molecule has 1 aliphatic rings. The highest BCUT2D eigenvalue weighted by Crippen LogP contribution is 2.32. The van der Waals surface area contributed by atoms with Crippen LogP contribution in [-0.4, -0.2) is 17.5 Å². The SMILES string of the molecule is Cc1ccccc1C(=O)O/N=C1/Cc2cc(Sc3ccc(C(C)C)cc3)ccc2C1=O.